The molecule has 128 valence electrons. The Morgan fingerprint density at radius 1 is 1.04 bits per heavy atom. The van der Waals surface area contributed by atoms with Crippen molar-refractivity contribution in [3.05, 3.63) is 33.3 Å². The van der Waals surface area contributed by atoms with Crippen LogP contribution >= 0.6 is 23.2 Å². The van der Waals surface area contributed by atoms with Crippen molar-refractivity contribution in [1.82, 2.24) is 9.80 Å². The molecule has 1 fully saturated rings. The molecule has 2 aliphatic heterocycles. The summed E-state index contributed by atoms with van der Waals surface area (Å²) in [6.45, 7) is 3.74. The van der Waals surface area contributed by atoms with Gasteiger partial charge in [-0.1, -0.05) is 23.2 Å². The first kappa shape index (κ1) is 17.2. The fourth-order valence-corrected chi connectivity index (χ4v) is 3.88. The van der Waals surface area contributed by atoms with Gasteiger partial charge in [0.1, 0.15) is 6.54 Å². The Morgan fingerprint density at radius 3 is 1.96 bits per heavy atom. The Bertz CT molecular complexity index is 684. The molecule has 0 spiro atoms. The number of piperidine rings is 1. The smallest absolute Gasteiger partial charge is 0.262 e. The van der Waals surface area contributed by atoms with Gasteiger partial charge in [0.05, 0.1) is 21.2 Å². The SMILES string of the molecule is C[C@@H]1CCC[C@@H](C)N1C(=O)CN1C(=O)c2cc(Cl)c(Cl)cc2C1=O. The zero-order chi connectivity index (χ0) is 17.6. The van der Waals surface area contributed by atoms with Crippen LogP contribution < -0.4 is 0 Å². The molecule has 0 bridgehead atoms. The minimum absolute atomic E-state index is 0.111. The Balaban J connectivity index is 1.82. The van der Waals surface area contributed by atoms with Crippen molar-refractivity contribution in [1.29, 1.82) is 0 Å². The van der Waals surface area contributed by atoms with E-state index in [0.29, 0.717) is 0 Å². The summed E-state index contributed by atoms with van der Waals surface area (Å²) in [6.07, 6.45) is 2.95. The lowest BCUT2D eigenvalue weighted by Crippen LogP contribution is -2.51. The summed E-state index contributed by atoms with van der Waals surface area (Å²) in [4.78, 5) is 40.4. The lowest BCUT2D eigenvalue weighted by atomic mass is 9.97. The number of benzene rings is 1. The molecule has 0 unspecified atom stereocenters. The molecule has 1 saturated heterocycles. The van der Waals surface area contributed by atoms with Gasteiger partial charge in [-0.15, -0.1) is 0 Å². The summed E-state index contributed by atoms with van der Waals surface area (Å²) in [5.74, 6) is -1.21. The fraction of sp³-hybridized carbons (Fsp3) is 0.471. The van der Waals surface area contributed by atoms with Gasteiger partial charge in [0.2, 0.25) is 5.91 Å². The maximum atomic E-state index is 12.7. The molecule has 24 heavy (non-hydrogen) atoms. The number of imide groups is 1. The molecule has 5 nitrogen and oxygen atoms in total. The van der Waals surface area contributed by atoms with E-state index in [0.717, 1.165) is 24.2 Å². The van der Waals surface area contributed by atoms with E-state index in [2.05, 4.69) is 0 Å². The zero-order valence-corrected chi connectivity index (χ0v) is 15.0. The van der Waals surface area contributed by atoms with Crippen LogP contribution in [0.1, 0.15) is 53.8 Å². The number of rotatable bonds is 2. The number of carbonyl (C=O) groups is 3. The Labute approximate surface area is 150 Å². The number of hydrogen-bond donors (Lipinski definition) is 0. The van der Waals surface area contributed by atoms with Crippen molar-refractivity contribution in [2.45, 2.75) is 45.2 Å². The topological polar surface area (TPSA) is 57.7 Å². The van der Waals surface area contributed by atoms with Gasteiger partial charge in [-0.05, 0) is 45.2 Å². The highest BCUT2D eigenvalue weighted by Gasteiger charge is 2.39. The van der Waals surface area contributed by atoms with Crippen molar-refractivity contribution in [3.8, 4) is 0 Å². The first-order chi connectivity index (χ1) is 11.3. The van der Waals surface area contributed by atoms with Crippen molar-refractivity contribution < 1.29 is 14.4 Å². The minimum atomic E-state index is -0.501. The van der Waals surface area contributed by atoms with E-state index < -0.39 is 11.8 Å². The summed E-state index contributed by atoms with van der Waals surface area (Å²) in [7, 11) is 0. The van der Waals surface area contributed by atoms with Crippen LogP contribution in [0.15, 0.2) is 12.1 Å². The largest absolute Gasteiger partial charge is 0.336 e. The monoisotopic (exact) mass is 368 g/mol. The van der Waals surface area contributed by atoms with Gasteiger partial charge in [0.25, 0.3) is 11.8 Å². The van der Waals surface area contributed by atoms with Gasteiger partial charge < -0.3 is 4.90 Å². The van der Waals surface area contributed by atoms with Crippen LogP contribution in [0.2, 0.25) is 10.0 Å². The average Bonchev–Trinajstić information content (AvgIpc) is 2.73. The third-order valence-electron chi connectivity index (χ3n) is 4.79. The Kier molecular flexibility index (Phi) is 4.58. The molecule has 2 aliphatic rings. The number of hydrogen-bond acceptors (Lipinski definition) is 3. The number of likely N-dealkylation sites (tertiary alicyclic amines) is 1. The second kappa shape index (κ2) is 6.37. The third kappa shape index (κ3) is 2.80. The van der Waals surface area contributed by atoms with Crippen LogP contribution in [-0.2, 0) is 4.79 Å². The second-order valence-electron chi connectivity index (χ2n) is 6.44. The predicted octanol–water partition coefficient (Wildman–Crippen LogP) is 3.38. The van der Waals surface area contributed by atoms with E-state index in [9.17, 15) is 14.4 Å². The molecule has 2 atom stereocenters. The van der Waals surface area contributed by atoms with Crippen LogP contribution in [0, 0.1) is 0 Å². The van der Waals surface area contributed by atoms with Crippen LogP contribution in [0.25, 0.3) is 0 Å². The van der Waals surface area contributed by atoms with E-state index in [4.69, 9.17) is 23.2 Å². The molecule has 0 radical (unpaired) electrons. The second-order valence-corrected chi connectivity index (χ2v) is 7.25. The highest BCUT2D eigenvalue weighted by molar-refractivity contribution is 6.43. The zero-order valence-electron chi connectivity index (χ0n) is 13.5. The molecule has 0 saturated carbocycles. The van der Waals surface area contributed by atoms with E-state index in [1.165, 1.54) is 12.1 Å². The fourth-order valence-electron chi connectivity index (χ4n) is 3.56. The minimum Gasteiger partial charge on any atom is -0.336 e. The number of fused-ring (bicyclic) bond motifs is 1. The van der Waals surface area contributed by atoms with Crippen molar-refractivity contribution in [3.63, 3.8) is 0 Å². The highest BCUT2D eigenvalue weighted by atomic mass is 35.5. The summed E-state index contributed by atoms with van der Waals surface area (Å²) < 4.78 is 0. The summed E-state index contributed by atoms with van der Waals surface area (Å²) in [5, 5.41) is 0.422. The molecule has 3 rings (SSSR count). The predicted molar refractivity (Wildman–Crippen MR) is 91.5 cm³/mol. The number of amides is 3. The molecule has 1 aromatic rings. The summed E-state index contributed by atoms with van der Waals surface area (Å²) in [5.41, 5.74) is 0.392. The molecule has 1 aromatic carbocycles. The van der Waals surface area contributed by atoms with Gasteiger partial charge in [-0.25, -0.2) is 0 Å². The van der Waals surface area contributed by atoms with E-state index in [1.54, 1.807) is 4.90 Å². The van der Waals surface area contributed by atoms with Gasteiger partial charge >= 0.3 is 0 Å². The molecular formula is C17H18Cl2N2O3. The summed E-state index contributed by atoms with van der Waals surface area (Å²) in [6, 6.07) is 2.99. The van der Waals surface area contributed by atoms with Gasteiger partial charge in [0.15, 0.2) is 0 Å². The molecule has 3 amide bonds. The van der Waals surface area contributed by atoms with Crippen LogP contribution in [0.5, 0.6) is 0 Å². The van der Waals surface area contributed by atoms with Crippen LogP contribution in [-0.4, -0.2) is 46.1 Å². The van der Waals surface area contributed by atoms with Gasteiger partial charge in [-0.2, -0.15) is 0 Å². The molecule has 0 N–H and O–H groups in total. The average molecular weight is 369 g/mol. The molecule has 0 aliphatic carbocycles. The van der Waals surface area contributed by atoms with E-state index in [1.807, 2.05) is 13.8 Å². The Hall–Kier alpha value is -1.59. The lowest BCUT2D eigenvalue weighted by Gasteiger charge is -2.39. The summed E-state index contributed by atoms with van der Waals surface area (Å²) >= 11 is 11.9. The molecule has 2 heterocycles. The highest BCUT2D eigenvalue weighted by Crippen LogP contribution is 2.32. The first-order valence-electron chi connectivity index (χ1n) is 7.97. The lowest BCUT2D eigenvalue weighted by molar-refractivity contribution is -0.137. The molecular weight excluding hydrogens is 351 g/mol. The maximum Gasteiger partial charge on any atom is 0.262 e. The standard InChI is InChI=1S/C17H18Cl2N2O3/c1-9-4-3-5-10(2)21(9)15(22)8-20-16(23)11-6-13(18)14(19)7-12(11)17(20)24/h6-7,9-10H,3-5,8H2,1-2H3/t9-,10-/m1/s1. The first-order valence-corrected chi connectivity index (χ1v) is 8.73. The van der Waals surface area contributed by atoms with Gasteiger partial charge in [-0.3, -0.25) is 19.3 Å². The normalized spacial score (nSPS) is 23.7. The van der Waals surface area contributed by atoms with Crippen molar-refractivity contribution in [2.24, 2.45) is 0 Å². The number of halogens is 2. The van der Waals surface area contributed by atoms with Crippen molar-refractivity contribution >= 4 is 40.9 Å². The van der Waals surface area contributed by atoms with Gasteiger partial charge in [0, 0.05) is 12.1 Å². The molecule has 7 heteroatoms. The van der Waals surface area contributed by atoms with E-state index >= 15 is 0 Å². The third-order valence-corrected chi connectivity index (χ3v) is 5.51. The quantitative estimate of drug-likeness (QED) is 0.751. The number of carbonyl (C=O) groups excluding carboxylic acids is 3. The Morgan fingerprint density at radius 2 is 1.50 bits per heavy atom. The van der Waals surface area contributed by atoms with Crippen molar-refractivity contribution in [2.75, 3.05) is 6.54 Å². The number of nitrogens with zero attached hydrogens (tertiary/aromatic N) is 2. The van der Waals surface area contributed by atoms with Crippen LogP contribution in [0.4, 0.5) is 0 Å². The van der Waals surface area contributed by atoms with E-state index in [-0.39, 0.29) is 45.7 Å². The molecule has 0 aromatic heterocycles. The maximum absolute atomic E-state index is 12.7. The van der Waals surface area contributed by atoms with Crippen LogP contribution in [0.3, 0.4) is 0 Å².